The molecular weight excluding hydrogens is 463 g/mol. The lowest BCUT2D eigenvalue weighted by molar-refractivity contribution is -0.147. The van der Waals surface area contributed by atoms with Crippen molar-refractivity contribution in [3.05, 3.63) is 29.6 Å². The number of nitrogens with zero attached hydrogens (tertiary/aromatic N) is 2. The zero-order valence-corrected chi connectivity index (χ0v) is 20.7. The van der Waals surface area contributed by atoms with E-state index in [1.165, 1.54) is 12.1 Å². The minimum Gasteiger partial charge on any atom is -0.493 e. The predicted molar refractivity (Wildman–Crippen MR) is 127 cm³/mol. The van der Waals surface area contributed by atoms with Crippen LogP contribution in [0.2, 0.25) is 0 Å². The second kappa shape index (κ2) is 10.1. The van der Waals surface area contributed by atoms with Crippen LogP contribution in [0.4, 0.5) is 4.39 Å². The van der Waals surface area contributed by atoms with Gasteiger partial charge in [-0.2, -0.15) is 0 Å². The lowest BCUT2D eigenvalue weighted by Gasteiger charge is -2.39. The second-order valence-electron chi connectivity index (χ2n) is 10.3. The van der Waals surface area contributed by atoms with Crippen molar-refractivity contribution in [2.75, 3.05) is 19.7 Å². The summed E-state index contributed by atoms with van der Waals surface area (Å²) in [7, 11) is 0. The smallest absolute Gasteiger partial charge is 0.243 e. The number of hydrogen-bond donors (Lipinski definition) is 2. The molecule has 3 aliphatic rings. The Bertz CT molecular complexity index is 953. The number of rotatable bonds is 2. The maximum absolute atomic E-state index is 13.6. The first-order valence-corrected chi connectivity index (χ1v) is 11.7. The molecule has 0 aliphatic carbocycles. The number of fused-ring (bicyclic) bond motifs is 2. The number of halogens is 2. The molecule has 3 amide bonds. The molecule has 10 heteroatoms. The molecule has 0 saturated carbocycles. The van der Waals surface area contributed by atoms with E-state index in [-0.39, 0.29) is 48.8 Å². The van der Waals surface area contributed by atoms with E-state index in [0.29, 0.717) is 44.6 Å². The van der Waals surface area contributed by atoms with Crippen molar-refractivity contribution in [2.24, 2.45) is 11.1 Å². The molecule has 4 rings (SSSR count). The summed E-state index contributed by atoms with van der Waals surface area (Å²) < 4.78 is 19.1. The molecule has 0 bridgehead atoms. The Hall–Kier alpha value is -2.39. The van der Waals surface area contributed by atoms with Crippen LogP contribution in [0.3, 0.4) is 0 Å². The molecular formula is C24H34ClFN4O4. The van der Waals surface area contributed by atoms with Gasteiger partial charge in [-0.1, -0.05) is 26.8 Å². The van der Waals surface area contributed by atoms with Gasteiger partial charge in [-0.15, -0.1) is 12.4 Å². The average Bonchev–Trinajstić information content (AvgIpc) is 3.17. The van der Waals surface area contributed by atoms with Gasteiger partial charge in [0.1, 0.15) is 23.7 Å². The van der Waals surface area contributed by atoms with Gasteiger partial charge in [0.2, 0.25) is 17.7 Å². The molecule has 1 aromatic rings. The fourth-order valence-corrected chi connectivity index (χ4v) is 5.10. The van der Waals surface area contributed by atoms with Gasteiger partial charge in [0.25, 0.3) is 0 Å². The molecule has 1 aromatic carbocycles. The Labute approximate surface area is 205 Å². The van der Waals surface area contributed by atoms with E-state index < -0.39 is 23.3 Å². The van der Waals surface area contributed by atoms with Gasteiger partial charge in [0.05, 0.1) is 12.6 Å². The van der Waals surface area contributed by atoms with Gasteiger partial charge in [0, 0.05) is 42.6 Å². The maximum atomic E-state index is 13.6. The van der Waals surface area contributed by atoms with E-state index in [2.05, 4.69) is 5.32 Å². The SMILES string of the molecule is CC(C)(C)C(=O)N1CC[C@H]2CC[C@@H](C(=O)N[C@@H]3CCOc4cc(F)ccc43)N2C(=O)[C@@H](N)C1.Cl. The number of nitrogens with one attached hydrogen (secondary N) is 1. The first-order valence-electron chi connectivity index (χ1n) is 11.7. The molecule has 2 saturated heterocycles. The molecule has 2 fully saturated rings. The van der Waals surface area contributed by atoms with Crippen LogP contribution < -0.4 is 15.8 Å². The van der Waals surface area contributed by atoms with Crippen LogP contribution in [-0.2, 0) is 14.4 Å². The summed E-state index contributed by atoms with van der Waals surface area (Å²) in [5.41, 5.74) is 6.41. The van der Waals surface area contributed by atoms with Gasteiger partial charge in [-0.3, -0.25) is 14.4 Å². The fourth-order valence-electron chi connectivity index (χ4n) is 5.10. The highest BCUT2D eigenvalue weighted by molar-refractivity contribution is 5.91. The predicted octanol–water partition coefficient (Wildman–Crippen LogP) is 2.15. The van der Waals surface area contributed by atoms with Crippen LogP contribution in [-0.4, -0.2) is 65.3 Å². The van der Waals surface area contributed by atoms with Gasteiger partial charge in [-0.05, 0) is 25.3 Å². The number of carbonyl (C=O) groups is 3. The Kier molecular flexibility index (Phi) is 7.77. The first-order chi connectivity index (χ1) is 15.6. The minimum absolute atomic E-state index is 0. The molecule has 4 atom stereocenters. The lowest BCUT2D eigenvalue weighted by atomic mass is 9.93. The van der Waals surface area contributed by atoms with Crippen LogP contribution in [0.25, 0.3) is 0 Å². The van der Waals surface area contributed by atoms with E-state index >= 15 is 0 Å². The number of carbonyl (C=O) groups excluding carboxylic acids is 3. The number of amides is 3. The first kappa shape index (κ1) is 26.2. The summed E-state index contributed by atoms with van der Waals surface area (Å²) in [4.78, 5) is 42.7. The molecule has 0 unspecified atom stereocenters. The number of hydrogen-bond acceptors (Lipinski definition) is 5. The molecule has 34 heavy (non-hydrogen) atoms. The summed E-state index contributed by atoms with van der Waals surface area (Å²) in [5, 5.41) is 3.05. The van der Waals surface area contributed by atoms with E-state index in [4.69, 9.17) is 10.5 Å². The van der Waals surface area contributed by atoms with Crippen LogP contribution in [0, 0.1) is 11.2 Å². The van der Waals surface area contributed by atoms with Gasteiger partial charge in [-0.25, -0.2) is 4.39 Å². The highest BCUT2D eigenvalue weighted by Gasteiger charge is 2.45. The van der Waals surface area contributed by atoms with Crippen molar-refractivity contribution in [1.82, 2.24) is 15.1 Å². The third-order valence-electron chi connectivity index (χ3n) is 6.79. The Balaban J connectivity index is 0.00000324. The molecule has 3 N–H and O–H groups in total. The Morgan fingerprint density at radius 3 is 2.62 bits per heavy atom. The van der Waals surface area contributed by atoms with Crippen LogP contribution in [0.1, 0.15) is 58.1 Å². The van der Waals surface area contributed by atoms with Crippen molar-refractivity contribution in [2.45, 2.75) is 70.6 Å². The quantitative estimate of drug-likeness (QED) is 0.652. The Morgan fingerprint density at radius 2 is 1.91 bits per heavy atom. The van der Waals surface area contributed by atoms with Gasteiger partial charge in [0.15, 0.2) is 0 Å². The normalized spacial score (nSPS) is 26.9. The zero-order valence-electron chi connectivity index (χ0n) is 19.9. The summed E-state index contributed by atoms with van der Waals surface area (Å²) in [6.07, 6.45) is 2.41. The summed E-state index contributed by atoms with van der Waals surface area (Å²) >= 11 is 0. The number of ether oxygens (including phenoxy) is 1. The summed E-state index contributed by atoms with van der Waals surface area (Å²) in [6.45, 7) is 6.59. The lowest BCUT2D eigenvalue weighted by Crippen LogP contribution is -2.60. The summed E-state index contributed by atoms with van der Waals surface area (Å²) in [6, 6.07) is 2.38. The van der Waals surface area contributed by atoms with Crippen molar-refractivity contribution >= 4 is 30.1 Å². The monoisotopic (exact) mass is 496 g/mol. The van der Waals surface area contributed by atoms with Crippen LogP contribution in [0.5, 0.6) is 5.75 Å². The van der Waals surface area contributed by atoms with Crippen molar-refractivity contribution < 1.29 is 23.5 Å². The van der Waals surface area contributed by atoms with Gasteiger partial charge < -0.3 is 25.6 Å². The maximum Gasteiger partial charge on any atom is 0.243 e. The Morgan fingerprint density at radius 1 is 1.18 bits per heavy atom. The standard InChI is InChI=1S/C24H33FN4O4.ClH/c1-24(2,3)23(32)28-10-8-15-5-7-19(29(15)22(31)17(26)13-28)21(30)27-18-9-11-33-20-12-14(25)4-6-16(18)20;/h4,6,12,15,17-19H,5,7-11,13,26H2,1-3H3,(H,27,30);1H/t15-,17+,18-,19+;/m1./s1. The third kappa shape index (κ3) is 5.15. The van der Waals surface area contributed by atoms with Crippen molar-refractivity contribution in [3.8, 4) is 5.75 Å². The van der Waals surface area contributed by atoms with E-state index in [9.17, 15) is 18.8 Å². The van der Waals surface area contributed by atoms with Crippen LogP contribution in [0.15, 0.2) is 18.2 Å². The zero-order chi connectivity index (χ0) is 23.9. The van der Waals surface area contributed by atoms with Crippen molar-refractivity contribution in [3.63, 3.8) is 0 Å². The van der Waals surface area contributed by atoms with E-state index in [1.807, 2.05) is 20.8 Å². The number of benzene rings is 1. The average molecular weight is 497 g/mol. The molecule has 0 radical (unpaired) electrons. The van der Waals surface area contributed by atoms with E-state index in [0.717, 1.165) is 5.56 Å². The van der Waals surface area contributed by atoms with E-state index in [1.54, 1.807) is 15.9 Å². The number of nitrogens with two attached hydrogens (primary N) is 1. The molecule has 188 valence electrons. The molecule has 3 heterocycles. The minimum atomic E-state index is -0.876. The largest absolute Gasteiger partial charge is 0.493 e. The molecule has 3 aliphatic heterocycles. The van der Waals surface area contributed by atoms with Crippen LogP contribution >= 0.6 is 12.4 Å². The molecule has 8 nitrogen and oxygen atoms in total. The second-order valence-corrected chi connectivity index (χ2v) is 10.3. The third-order valence-corrected chi connectivity index (χ3v) is 6.79. The highest BCUT2D eigenvalue weighted by Crippen LogP contribution is 2.34. The van der Waals surface area contributed by atoms with Crippen molar-refractivity contribution in [1.29, 1.82) is 0 Å². The molecule has 0 aromatic heterocycles. The van der Waals surface area contributed by atoms with Gasteiger partial charge >= 0.3 is 0 Å². The molecule has 0 spiro atoms. The topological polar surface area (TPSA) is 105 Å². The fraction of sp³-hybridized carbons (Fsp3) is 0.625. The summed E-state index contributed by atoms with van der Waals surface area (Å²) in [5.74, 6) is -0.509. The highest BCUT2D eigenvalue weighted by atomic mass is 35.5.